The van der Waals surface area contributed by atoms with Gasteiger partial charge in [-0.25, -0.2) is 4.79 Å². The predicted octanol–water partition coefficient (Wildman–Crippen LogP) is 1.43. The van der Waals surface area contributed by atoms with Gasteiger partial charge in [-0.3, -0.25) is 10.1 Å². The van der Waals surface area contributed by atoms with E-state index >= 15 is 0 Å². The highest BCUT2D eigenvalue weighted by Crippen LogP contribution is 2.14. The molecule has 0 saturated heterocycles. The highest BCUT2D eigenvalue weighted by atomic mass is 79.9. The van der Waals surface area contributed by atoms with Crippen molar-refractivity contribution >= 4 is 27.9 Å². The molecule has 0 amide bonds. The fraction of sp³-hybridized carbons (Fsp3) is 0.385. The molecule has 0 heterocycles. The summed E-state index contributed by atoms with van der Waals surface area (Å²) in [5.74, 6) is -0.806. The zero-order valence-electron chi connectivity index (χ0n) is 10.8. The van der Waals surface area contributed by atoms with Gasteiger partial charge in [0.25, 0.3) is 0 Å². The lowest BCUT2D eigenvalue weighted by molar-refractivity contribution is -0.144. The van der Waals surface area contributed by atoms with Crippen molar-refractivity contribution in [2.45, 2.75) is 10.9 Å². The van der Waals surface area contributed by atoms with Gasteiger partial charge in [-0.1, -0.05) is 46.3 Å². The van der Waals surface area contributed by atoms with Crippen molar-refractivity contribution in [3.05, 3.63) is 35.9 Å². The fourth-order valence-electron chi connectivity index (χ4n) is 1.53. The smallest absolute Gasteiger partial charge is 0.327 e. The van der Waals surface area contributed by atoms with Crippen LogP contribution in [0.2, 0.25) is 0 Å². The lowest BCUT2D eigenvalue weighted by Gasteiger charge is -2.18. The Bertz CT molecular complexity index is 424. The number of hydrogen-bond donors (Lipinski definition) is 1. The van der Waals surface area contributed by atoms with Gasteiger partial charge in [0, 0.05) is 6.54 Å². The number of halogens is 1. The third-order valence-electron chi connectivity index (χ3n) is 2.53. The van der Waals surface area contributed by atoms with E-state index < -0.39 is 22.8 Å². The lowest BCUT2D eigenvalue weighted by atomic mass is 10.1. The van der Waals surface area contributed by atoms with Crippen molar-refractivity contribution in [1.29, 1.82) is 0 Å². The normalized spacial score (nSPS) is 13.4. The number of alkyl halides is 1. The Labute approximate surface area is 120 Å². The molecule has 0 fully saturated rings. The molecule has 6 heteroatoms. The summed E-state index contributed by atoms with van der Waals surface area (Å²) in [5.41, 5.74) is 0.777. The number of rotatable bonds is 6. The molecule has 0 aliphatic carbocycles. The monoisotopic (exact) mass is 329 g/mol. The maximum absolute atomic E-state index is 11.7. The molecule has 1 aromatic rings. The summed E-state index contributed by atoms with van der Waals surface area (Å²) < 4.78 is 9.35. The van der Waals surface area contributed by atoms with Crippen molar-refractivity contribution in [2.24, 2.45) is 0 Å². The Hall–Kier alpha value is -1.40. The van der Waals surface area contributed by atoms with E-state index in [4.69, 9.17) is 4.74 Å². The van der Waals surface area contributed by atoms with Gasteiger partial charge in [-0.15, -0.1) is 0 Å². The van der Waals surface area contributed by atoms with E-state index in [2.05, 4.69) is 26.0 Å². The molecule has 0 aliphatic heterocycles. The Balaban J connectivity index is 2.72. The van der Waals surface area contributed by atoms with Gasteiger partial charge in [0.05, 0.1) is 14.2 Å². The van der Waals surface area contributed by atoms with E-state index in [0.29, 0.717) is 0 Å². The van der Waals surface area contributed by atoms with Gasteiger partial charge in [0.1, 0.15) is 10.9 Å². The lowest BCUT2D eigenvalue weighted by Crippen LogP contribution is -2.36. The van der Waals surface area contributed by atoms with Crippen LogP contribution < -0.4 is 5.32 Å². The van der Waals surface area contributed by atoms with Crippen LogP contribution in [-0.2, 0) is 19.1 Å². The first-order valence-corrected chi connectivity index (χ1v) is 6.59. The molecule has 5 nitrogen and oxygen atoms in total. The largest absolute Gasteiger partial charge is 0.468 e. The zero-order chi connectivity index (χ0) is 14.3. The standard InChI is InChI=1S/C13H16BrNO4/c1-18-12(16)10(14)8-15-11(13(17)19-2)9-6-4-3-5-7-9/h3-7,10-11,15H,8H2,1-2H3. The molecule has 1 aromatic carbocycles. The molecule has 104 valence electrons. The van der Waals surface area contributed by atoms with E-state index in [1.165, 1.54) is 14.2 Å². The number of benzene rings is 1. The van der Waals surface area contributed by atoms with Crippen LogP contribution in [0.3, 0.4) is 0 Å². The number of ether oxygens (including phenoxy) is 2. The quantitative estimate of drug-likeness (QED) is 0.631. The molecule has 2 atom stereocenters. The molecule has 19 heavy (non-hydrogen) atoms. The molecular weight excluding hydrogens is 314 g/mol. The minimum atomic E-state index is -0.615. The average Bonchev–Trinajstić information content (AvgIpc) is 2.47. The summed E-state index contributed by atoms with van der Waals surface area (Å²) >= 11 is 3.19. The molecule has 0 bridgehead atoms. The fourth-order valence-corrected chi connectivity index (χ4v) is 1.91. The van der Waals surface area contributed by atoms with Crippen molar-refractivity contribution in [3.63, 3.8) is 0 Å². The Morgan fingerprint density at radius 3 is 2.26 bits per heavy atom. The van der Waals surface area contributed by atoms with Gasteiger partial charge in [0.2, 0.25) is 0 Å². The van der Waals surface area contributed by atoms with E-state index in [-0.39, 0.29) is 6.54 Å². The summed E-state index contributed by atoms with van der Waals surface area (Å²) in [6, 6.07) is 8.54. The number of nitrogens with one attached hydrogen (secondary N) is 1. The highest BCUT2D eigenvalue weighted by molar-refractivity contribution is 9.10. The molecule has 1 N–H and O–H groups in total. The van der Waals surface area contributed by atoms with E-state index in [0.717, 1.165) is 5.56 Å². The maximum Gasteiger partial charge on any atom is 0.327 e. The molecule has 0 aliphatic rings. The van der Waals surface area contributed by atoms with E-state index in [9.17, 15) is 9.59 Å². The summed E-state index contributed by atoms with van der Waals surface area (Å²) in [4.78, 5) is 22.5. The summed E-state index contributed by atoms with van der Waals surface area (Å²) in [6.07, 6.45) is 0. The molecular formula is C13H16BrNO4. The van der Waals surface area contributed by atoms with Crippen LogP contribution in [-0.4, -0.2) is 37.5 Å². The van der Waals surface area contributed by atoms with E-state index in [1.54, 1.807) is 0 Å². The molecule has 2 unspecified atom stereocenters. The minimum Gasteiger partial charge on any atom is -0.468 e. The number of carbonyl (C=O) groups excluding carboxylic acids is 2. The van der Waals surface area contributed by atoms with Gasteiger partial charge >= 0.3 is 11.9 Å². The second-order valence-corrected chi connectivity index (χ2v) is 4.87. The first-order chi connectivity index (χ1) is 9.10. The second kappa shape index (κ2) is 7.91. The van der Waals surface area contributed by atoms with Gasteiger partial charge < -0.3 is 9.47 Å². The topological polar surface area (TPSA) is 64.6 Å². The SMILES string of the molecule is COC(=O)C(Br)CNC(C(=O)OC)c1ccccc1. The summed E-state index contributed by atoms with van der Waals surface area (Å²) in [7, 11) is 2.64. The highest BCUT2D eigenvalue weighted by Gasteiger charge is 2.23. The van der Waals surface area contributed by atoms with Crippen LogP contribution in [0, 0.1) is 0 Å². The first kappa shape index (κ1) is 15.7. The number of methoxy groups -OCH3 is 2. The molecule has 0 aromatic heterocycles. The van der Waals surface area contributed by atoms with Crippen LogP contribution in [0.1, 0.15) is 11.6 Å². The van der Waals surface area contributed by atoms with Gasteiger partial charge in [0.15, 0.2) is 0 Å². The second-order valence-electron chi connectivity index (χ2n) is 3.77. The Morgan fingerprint density at radius 2 is 1.74 bits per heavy atom. The molecule has 1 rings (SSSR count). The van der Waals surface area contributed by atoms with Crippen LogP contribution in [0.15, 0.2) is 30.3 Å². The number of carbonyl (C=O) groups is 2. The molecule has 0 spiro atoms. The van der Waals surface area contributed by atoms with Crippen molar-refractivity contribution in [2.75, 3.05) is 20.8 Å². The third kappa shape index (κ3) is 4.65. The molecule has 0 radical (unpaired) electrons. The van der Waals surface area contributed by atoms with Gasteiger partial charge in [-0.2, -0.15) is 0 Å². The Kier molecular flexibility index (Phi) is 6.52. The zero-order valence-corrected chi connectivity index (χ0v) is 12.3. The van der Waals surface area contributed by atoms with E-state index in [1.807, 2.05) is 30.3 Å². The van der Waals surface area contributed by atoms with Crippen LogP contribution in [0.25, 0.3) is 0 Å². The van der Waals surface area contributed by atoms with Gasteiger partial charge in [-0.05, 0) is 5.56 Å². The van der Waals surface area contributed by atoms with Crippen LogP contribution in [0.4, 0.5) is 0 Å². The predicted molar refractivity (Wildman–Crippen MR) is 73.9 cm³/mol. The van der Waals surface area contributed by atoms with Crippen molar-refractivity contribution in [3.8, 4) is 0 Å². The summed E-state index contributed by atoms with van der Waals surface area (Å²) in [5, 5.41) is 2.98. The number of hydrogen-bond acceptors (Lipinski definition) is 5. The Morgan fingerprint density at radius 1 is 1.16 bits per heavy atom. The van der Waals surface area contributed by atoms with Crippen molar-refractivity contribution < 1.29 is 19.1 Å². The minimum absolute atomic E-state index is 0.251. The first-order valence-electron chi connectivity index (χ1n) is 5.68. The third-order valence-corrected chi connectivity index (χ3v) is 3.23. The van der Waals surface area contributed by atoms with Crippen LogP contribution in [0.5, 0.6) is 0 Å². The summed E-state index contributed by atoms with van der Waals surface area (Å²) in [6.45, 7) is 0.251. The number of esters is 2. The van der Waals surface area contributed by atoms with Crippen molar-refractivity contribution in [1.82, 2.24) is 5.32 Å². The maximum atomic E-state index is 11.7. The van der Waals surface area contributed by atoms with Crippen LogP contribution >= 0.6 is 15.9 Å². The average molecular weight is 330 g/mol. The molecule has 0 saturated carbocycles.